The number of ether oxygens (including phenoxy) is 1. The van der Waals surface area contributed by atoms with Crippen LogP contribution < -0.4 is 10.2 Å². The molecule has 1 aliphatic heterocycles. The number of nitrogens with zero attached hydrogens (tertiary/aromatic N) is 3. The molecule has 7 heteroatoms. The number of aromatic nitrogens is 2. The van der Waals surface area contributed by atoms with Crippen LogP contribution in [0.2, 0.25) is 0 Å². The molecule has 1 amide bonds. The van der Waals surface area contributed by atoms with E-state index in [4.69, 9.17) is 4.74 Å². The number of benzene rings is 1. The van der Waals surface area contributed by atoms with E-state index in [1.54, 1.807) is 18.5 Å². The van der Waals surface area contributed by atoms with Gasteiger partial charge in [-0.15, -0.1) is 0 Å². The van der Waals surface area contributed by atoms with Crippen LogP contribution in [0.3, 0.4) is 0 Å². The minimum absolute atomic E-state index is 0.142. The highest BCUT2D eigenvalue weighted by atomic mass is 32.2. The molecule has 0 bridgehead atoms. The second kappa shape index (κ2) is 9.94. The molecule has 0 saturated carbocycles. The maximum atomic E-state index is 13.0. The lowest BCUT2D eigenvalue weighted by molar-refractivity contribution is 0.0947. The van der Waals surface area contributed by atoms with Crippen LogP contribution in [-0.4, -0.2) is 42.2 Å². The minimum atomic E-state index is -0.142. The number of hydrogen-bond acceptors (Lipinski definition) is 6. The Hall–Kier alpha value is -2.90. The number of anilines is 1. The van der Waals surface area contributed by atoms with E-state index in [0.29, 0.717) is 30.3 Å². The van der Waals surface area contributed by atoms with Crippen molar-refractivity contribution in [1.29, 1.82) is 0 Å². The molecule has 2 aromatic heterocycles. The number of carbonyl (C=O) groups excluding carboxylic acids is 1. The summed E-state index contributed by atoms with van der Waals surface area (Å²) in [7, 11) is 0. The summed E-state index contributed by atoms with van der Waals surface area (Å²) in [5, 5.41) is 3.75. The Bertz CT molecular complexity index is 1070. The maximum absolute atomic E-state index is 13.0. The van der Waals surface area contributed by atoms with Crippen LogP contribution in [0.5, 0.6) is 0 Å². The monoisotopic (exact) mass is 434 g/mol. The smallest absolute Gasteiger partial charge is 0.254 e. The van der Waals surface area contributed by atoms with Crippen molar-refractivity contribution in [3.63, 3.8) is 0 Å². The normalized spacial score (nSPS) is 13.8. The number of pyridine rings is 2. The van der Waals surface area contributed by atoms with Crippen molar-refractivity contribution >= 4 is 23.5 Å². The third-order valence-electron chi connectivity index (χ3n) is 5.33. The molecule has 1 saturated heterocycles. The molecule has 3 aromatic rings. The summed E-state index contributed by atoms with van der Waals surface area (Å²) in [4.78, 5) is 25.3. The standard InChI is InChI=1S/C24H26N4O2S/c1-17-7-8-20(15-18(17)2)31-24-21(6-4-10-26-24)23(29)27-16-19-5-3-9-25-22(19)28-11-13-30-14-12-28/h3-10,15H,11-14,16H2,1-2H3,(H,27,29). The Morgan fingerprint density at radius 3 is 2.65 bits per heavy atom. The fourth-order valence-electron chi connectivity index (χ4n) is 3.43. The zero-order chi connectivity index (χ0) is 21.6. The SMILES string of the molecule is Cc1ccc(Sc2ncccc2C(=O)NCc2cccnc2N2CCOCC2)cc1C. The highest BCUT2D eigenvalue weighted by Gasteiger charge is 2.18. The van der Waals surface area contributed by atoms with Crippen LogP contribution in [0, 0.1) is 13.8 Å². The molecule has 0 unspecified atom stereocenters. The minimum Gasteiger partial charge on any atom is -0.378 e. The van der Waals surface area contributed by atoms with E-state index in [1.807, 2.05) is 18.2 Å². The van der Waals surface area contributed by atoms with Gasteiger partial charge in [-0.05, 0) is 55.3 Å². The Labute approximate surface area is 187 Å². The molecule has 3 heterocycles. The number of carbonyl (C=O) groups is 1. The van der Waals surface area contributed by atoms with Crippen LogP contribution in [0.4, 0.5) is 5.82 Å². The van der Waals surface area contributed by atoms with E-state index in [-0.39, 0.29) is 5.91 Å². The van der Waals surface area contributed by atoms with E-state index in [2.05, 4.69) is 52.2 Å². The fraction of sp³-hybridized carbons (Fsp3) is 0.292. The quantitative estimate of drug-likeness (QED) is 0.632. The van der Waals surface area contributed by atoms with Gasteiger partial charge in [-0.3, -0.25) is 4.79 Å². The van der Waals surface area contributed by atoms with Crippen molar-refractivity contribution in [3.8, 4) is 0 Å². The first-order valence-corrected chi connectivity index (χ1v) is 11.2. The van der Waals surface area contributed by atoms with Gasteiger partial charge in [0.25, 0.3) is 5.91 Å². The zero-order valence-electron chi connectivity index (χ0n) is 17.8. The number of hydrogen-bond donors (Lipinski definition) is 1. The summed E-state index contributed by atoms with van der Waals surface area (Å²) in [6.07, 6.45) is 3.51. The molecular weight excluding hydrogens is 408 g/mol. The second-order valence-corrected chi connectivity index (χ2v) is 8.53. The van der Waals surface area contributed by atoms with E-state index in [9.17, 15) is 4.79 Å². The Kier molecular flexibility index (Phi) is 6.84. The molecular formula is C24H26N4O2S. The van der Waals surface area contributed by atoms with Crippen molar-refractivity contribution in [2.24, 2.45) is 0 Å². The van der Waals surface area contributed by atoms with E-state index in [0.717, 1.165) is 29.4 Å². The van der Waals surface area contributed by atoms with Crippen molar-refractivity contribution in [2.45, 2.75) is 30.3 Å². The predicted octanol–water partition coefficient (Wildman–Crippen LogP) is 4.01. The van der Waals surface area contributed by atoms with Gasteiger partial charge in [0, 0.05) is 42.5 Å². The van der Waals surface area contributed by atoms with Gasteiger partial charge in [0.2, 0.25) is 0 Å². The van der Waals surface area contributed by atoms with Crippen LogP contribution in [0.1, 0.15) is 27.0 Å². The van der Waals surface area contributed by atoms with Crippen molar-refractivity contribution in [2.75, 3.05) is 31.2 Å². The molecule has 0 atom stereocenters. The van der Waals surface area contributed by atoms with E-state index < -0.39 is 0 Å². The zero-order valence-corrected chi connectivity index (χ0v) is 18.6. The van der Waals surface area contributed by atoms with Crippen LogP contribution in [0.25, 0.3) is 0 Å². The van der Waals surface area contributed by atoms with Gasteiger partial charge < -0.3 is 15.0 Å². The van der Waals surface area contributed by atoms with Gasteiger partial charge in [0.05, 0.1) is 18.8 Å². The number of rotatable bonds is 6. The van der Waals surface area contributed by atoms with Crippen LogP contribution in [-0.2, 0) is 11.3 Å². The van der Waals surface area contributed by atoms with E-state index >= 15 is 0 Å². The summed E-state index contributed by atoms with van der Waals surface area (Å²) in [5.41, 5.74) is 4.03. The molecule has 0 spiro atoms. The number of amides is 1. The largest absolute Gasteiger partial charge is 0.378 e. The molecule has 1 aromatic carbocycles. The molecule has 1 fully saturated rings. The molecule has 1 aliphatic rings. The van der Waals surface area contributed by atoms with Gasteiger partial charge in [-0.1, -0.05) is 23.9 Å². The maximum Gasteiger partial charge on any atom is 0.254 e. The predicted molar refractivity (Wildman–Crippen MR) is 123 cm³/mol. The Morgan fingerprint density at radius 2 is 1.84 bits per heavy atom. The lowest BCUT2D eigenvalue weighted by atomic mass is 10.1. The molecule has 160 valence electrons. The van der Waals surface area contributed by atoms with Gasteiger partial charge in [0.15, 0.2) is 0 Å². The molecule has 0 aliphatic carbocycles. The molecule has 31 heavy (non-hydrogen) atoms. The first-order chi connectivity index (χ1) is 15.1. The van der Waals surface area contributed by atoms with Crippen LogP contribution >= 0.6 is 11.8 Å². The second-order valence-electron chi connectivity index (χ2n) is 7.47. The molecule has 6 nitrogen and oxygen atoms in total. The first kappa shape index (κ1) is 21.3. The number of nitrogens with one attached hydrogen (secondary N) is 1. The number of aryl methyl sites for hydroxylation is 2. The first-order valence-electron chi connectivity index (χ1n) is 10.4. The highest BCUT2D eigenvalue weighted by molar-refractivity contribution is 7.99. The molecule has 1 N–H and O–H groups in total. The van der Waals surface area contributed by atoms with Crippen LogP contribution in [0.15, 0.2) is 64.8 Å². The Morgan fingerprint density at radius 1 is 1.06 bits per heavy atom. The van der Waals surface area contributed by atoms with E-state index in [1.165, 1.54) is 22.9 Å². The van der Waals surface area contributed by atoms with Gasteiger partial charge in [-0.25, -0.2) is 9.97 Å². The number of morpholine rings is 1. The lowest BCUT2D eigenvalue weighted by Gasteiger charge is -2.29. The van der Waals surface area contributed by atoms with Crippen molar-refractivity contribution in [1.82, 2.24) is 15.3 Å². The third-order valence-corrected chi connectivity index (χ3v) is 6.33. The topological polar surface area (TPSA) is 67.4 Å². The summed E-state index contributed by atoms with van der Waals surface area (Å²) in [5.74, 6) is 0.762. The summed E-state index contributed by atoms with van der Waals surface area (Å²) >= 11 is 1.51. The lowest BCUT2D eigenvalue weighted by Crippen LogP contribution is -2.37. The van der Waals surface area contributed by atoms with Crippen molar-refractivity contribution in [3.05, 3.63) is 77.1 Å². The summed E-state index contributed by atoms with van der Waals surface area (Å²) < 4.78 is 5.44. The van der Waals surface area contributed by atoms with Gasteiger partial charge >= 0.3 is 0 Å². The summed E-state index contributed by atoms with van der Waals surface area (Å²) in [6.45, 7) is 7.57. The average Bonchev–Trinajstić information content (AvgIpc) is 2.81. The Balaban J connectivity index is 1.48. The average molecular weight is 435 g/mol. The van der Waals surface area contributed by atoms with Gasteiger partial charge in [0.1, 0.15) is 10.8 Å². The molecule has 0 radical (unpaired) electrons. The van der Waals surface area contributed by atoms with Crippen molar-refractivity contribution < 1.29 is 9.53 Å². The third kappa shape index (κ3) is 5.24. The molecule has 4 rings (SSSR count). The summed E-state index contributed by atoms with van der Waals surface area (Å²) in [6, 6.07) is 13.8. The highest BCUT2D eigenvalue weighted by Crippen LogP contribution is 2.30. The fourth-order valence-corrected chi connectivity index (χ4v) is 4.41. The van der Waals surface area contributed by atoms with Gasteiger partial charge in [-0.2, -0.15) is 0 Å².